The smallest absolute Gasteiger partial charge is 0.0588 e. The summed E-state index contributed by atoms with van der Waals surface area (Å²) in [6, 6.07) is 0. The van der Waals surface area contributed by atoms with Gasteiger partial charge in [0.25, 0.3) is 0 Å². The second-order valence-electron chi connectivity index (χ2n) is 1.83. The molecule has 0 saturated heterocycles. The van der Waals surface area contributed by atoms with Gasteiger partial charge in [-0.05, 0) is 12.8 Å². The molecule has 0 fully saturated rings. The average Bonchev–Trinajstić information content (AvgIpc) is 1.89. The van der Waals surface area contributed by atoms with E-state index in [0.717, 1.165) is 19.4 Å². The van der Waals surface area contributed by atoms with Crippen LogP contribution < -0.4 is 5.73 Å². The molecule has 0 spiro atoms. The van der Waals surface area contributed by atoms with Crippen molar-refractivity contribution in [2.75, 3.05) is 26.4 Å². The molecule has 0 aliphatic rings. The third kappa shape index (κ3) is 7.88. The quantitative estimate of drug-likeness (QED) is 0.490. The Balaban J connectivity index is 2.60. The van der Waals surface area contributed by atoms with Crippen LogP contribution in [0.3, 0.4) is 0 Å². The van der Waals surface area contributed by atoms with Crippen LogP contribution in [-0.4, -0.2) is 31.5 Å². The van der Waals surface area contributed by atoms with Crippen molar-refractivity contribution in [3.63, 3.8) is 0 Å². The van der Waals surface area contributed by atoms with Gasteiger partial charge < -0.3 is 15.6 Å². The number of hydrogen-bond donors (Lipinski definition) is 2. The van der Waals surface area contributed by atoms with Gasteiger partial charge in [-0.3, -0.25) is 0 Å². The van der Waals surface area contributed by atoms with Crippen molar-refractivity contribution in [2.24, 2.45) is 5.73 Å². The lowest BCUT2D eigenvalue weighted by molar-refractivity contribution is 0.132. The molecule has 0 aromatic heterocycles. The second kappa shape index (κ2) is 7.88. The molecule has 0 atom stereocenters. The third-order valence-electron chi connectivity index (χ3n) is 0.959. The molecule has 0 radical (unpaired) electrons. The fraction of sp³-hybridized carbons (Fsp3) is 1.00. The number of hydrogen-bond acceptors (Lipinski definition) is 3. The fourth-order valence-corrected chi connectivity index (χ4v) is 0.501. The predicted molar refractivity (Wildman–Crippen MR) is 36.2 cm³/mol. The molecule has 0 bridgehead atoms. The zero-order valence-electron chi connectivity index (χ0n) is 5.68. The lowest BCUT2D eigenvalue weighted by Gasteiger charge is -1.99. The molecule has 0 aromatic rings. The Morgan fingerprint density at radius 3 is 2.56 bits per heavy atom. The summed E-state index contributed by atoms with van der Waals surface area (Å²) in [6.07, 6.45) is 1.75. The van der Waals surface area contributed by atoms with Gasteiger partial charge >= 0.3 is 0 Å². The largest absolute Gasteiger partial charge is 0.396 e. The highest BCUT2D eigenvalue weighted by Crippen LogP contribution is 1.86. The van der Waals surface area contributed by atoms with Gasteiger partial charge in [0, 0.05) is 19.8 Å². The van der Waals surface area contributed by atoms with Crippen molar-refractivity contribution in [1.82, 2.24) is 0 Å². The van der Waals surface area contributed by atoms with Crippen molar-refractivity contribution in [1.29, 1.82) is 0 Å². The van der Waals surface area contributed by atoms with Gasteiger partial charge in [-0.25, -0.2) is 0 Å². The van der Waals surface area contributed by atoms with Crippen LogP contribution in [0.25, 0.3) is 0 Å². The van der Waals surface area contributed by atoms with Gasteiger partial charge in [0.05, 0.1) is 6.61 Å². The van der Waals surface area contributed by atoms with Crippen LogP contribution in [0.5, 0.6) is 0 Å². The first-order valence-electron chi connectivity index (χ1n) is 3.30. The number of unbranched alkanes of at least 4 members (excludes halogenated alkanes) is 1. The van der Waals surface area contributed by atoms with E-state index in [-0.39, 0.29) is 6.61 Å². The molecule has 3 N–H and O–H groups in total. The number of rotatable bonds is 6. The SMILES string of the molecule is NCCOCCCCO. The Morgan fingerprint density at radius 1 is 1.22 bits per heavy atom. The first kappa shape index (κ1) is 8.88. The highest BCUT2D eigenvalue weighted by Gasteiger charge is 1.85. The molecular weight excluding hydrogens is 118 g/mol. The van der Waals surface area contributed by atoms with E-state index in [1.165, 1.54) is 0 Å². The third-order valence-corrected chi connectivity index (χ3v) is 0.959. The summed E-state index contributed by atoms with van der Waals surface area (Å²) >= 11 is 0. The summed E-state index contributed by atoms with van der Waals surface area (Å²) in [5.74, 6) is 0. The molecule has 0 aliphatic carbocycles. The normalized spacial score (nSPS) is 10.0. The van der Waals surface area contributed by atoms with Gasteiger partial charge in [0.2, 0.25) is 0 Å². The van der Waals surface area contributed by atoms with Crippen molar-refractivity contribution in [3.05, 3.63) is 0 Å². The standard InChI is InChI=1S/C6H15NO2/c7-3-6-9-5-2-1-4-8/h8H,1-7H2. The number of nitrogens with two attached hydrogens (primary N) is 1. The summed E-state index contributed by atoms with van der Waals surface area (Å²) in [7, 11) is 0. The first-order chi connectivity index (χ1) is 4.41. The summed E-state index contributed by atoms with van der Waals surface area (Å²) in [6.45, 7) is 2.19. The summed E-state index contributed by atoms with van der Waals surface area (Å²) < 4.78 is 5.05. The minimum absolute atomic E-state index is 0.256. The van der Waals surface area contributed by atoms with Crippen LogP contribution in [0.4, 0.5) is 0 Å². The van der Waals surface area contributed by atoms with Gasteiger partial charge in [-0.1, -0.05) is 0 Å². The van der Waals surface area contributed by atoms with Crippen LogP contribution in [0.2, 0.25) is 0 Å². The maximum Gasteiger partial charge on any atom is 0.0588 e. The first-order valence-corrected chi connectivity index (χ1v) is 3.30. The van der Waals surface area contributed by atoms with E-state index in [1.54, 1.807) is 0 Å². The van der Waals surface area contributed by atoms with Crippen molar-refractivity contribution >= 4 is 0 Å². The number of ether oxygens (including phenoxy) is 1. The van der Waals surface area contributed by atoms with Crippen molar-refractivity contribution < 1.29 is 9.84 Å². The van der Waals surface area contributed by atoms with E-state index in [4.69, 9.17) is 15.6 Å². The Morgan fingerprint density at radius 2 is 2.00 bits per heavy atom. The molecule has 9 heavy (non-hydrogen) atoms. The predicted octanol–water partition coefficient (Wildman–Crippen LogP) is -0.266. The van der Waals surface area contributed by atoms with Crippen LogP contribution >= 0.6 is 0 Å². The lowest BCUT2D eigenvalue weighted by Crippen LogP contribution is -2.09. The number of aliphatic hydroxyl groups excluding tert-OH is 1. The maximum absolute atomic E-state index is 8.34. The van der Waals surface area contributed by atoms with Crippen LogP contribution in [0.1, 0.15) is 12.8 Å². The summed E-state index contributed by atoms with van der Waals surface area (Å²) in [4.78, 5) is 0. The van der Waals surface area contributed by atoms with Gasteiger partial charge in [-0.15, -0.1) is 0 Å². The van der Waals surface area contributed by atoms with Crippen molar-refractivity contribution in [3.8, 4) is 0 Å². The van der Waals surface area contributed by atoms with E-state index >= 15 is 0 Å². The fourth-order valence-electron chi connectivity index (χ4n) is 0.501. The highest BCUT2D eigenvalue weighted by atomic mass is 16.5. The summed E-state index contributed by atoms with van der Waals surface area (Å²) in [5, 5.41) is 8.34. The minimum Gasteiger partial charge on any atom is -0.396 e. The number of aliphatic hydroxyl groups is 1. The molecule has 56 valence electrons. The Hall–Kier alpha value is -0.120. The van der Waals surface area contributed by atoms with Crippen LogP contribution in [-0.2, 0) is 4.74 Å². The molecule has 0 aliphatic heterocycles. The zero-order chi connectivity index (χ0) is 6.95. The molecule has 0 unspecified atom stereocenters. The maximum atomic E-state index is 8.34. The Bertz CT molecular complexity index is 44.3. The molecule has 3 nitrogen and oxygen atoms in total. The molecule has 0 heterocycles. The molecule has 0 aromatic carbocycles. The highest BCUT2D eigenvalue weighted by molar-refractivity contribution is 4.36. The van der Waals surface area contributed by atoms with E-state index < -0.39 is 0 Å². The summed E-state index contributed by atoms with van der Waals surface area (Å²) in [5.41, 5.74) is 5.17. The van der Waals surface area contributed by atoms with Crippen LogP contribution in [0.15, 0.2) is 0 Å². The second-order valence-corrected chi connectivity index (χ2v) is 1.83. The van der Waals surface area contributed by atoms with Gasteiger partial charge in [0.1, 0.15) is 0 Å². The van der Waals surface area contributed by atoms with Crippen LogP contribution in [0, 0.1) is 0 Å². The molecular formula is C6H15NO2. The van der Waals surface area contributed by atoms with Crippen molar-refractivity contribution in [2.45, 2.75) is 12.8 Å². The zero-order valence-corrected chi connectivity index (χ0v) is 5.68. The van der Waals surface area contributed by atoms with E-state index in [0.29, 0.717) is 13.2 Å². The molecule has 3 heteroatoms. The van der Waals surface area contributed by atoms with E-state index in [1.807, 2.05) is 0 Å². The van der Waals surface area contributed by atoms with E-state index in [9.17, 15) is 0 Å². The molecule has 0 amide bonds. The van der Waals surface area contributed by atoms with Gasteiger partial charge in [0.15, 0.2) is 0 Å². The minimum atomic E-state index is 0.256. The monoisotopic (exact) mass is 133 g/mol. The Kier molecular flexibility index (Phi) is 7.77. The van der Waals surface area contributed by atoms with E-state index in [2.05, 4.69) is 0 Å². The lowest BCUT2D eigenvalue weighted by atomic mass is 10.3. The van der Waals surface area contributed by atoms with Gasteiger partial charge in [-0.2, -0.15) is 0 Å². The molecule has 0 saturated carbocycles. The average molecular weight is 133 g/mol. The Labute approximate surface area is 55.8 Å². The molecule has 0 rings (SSSR count). The topological polar surface area (TPSA) is 55.5 Å².